The molecule has 1 atom stereocenters. The maximum absolute atomic E-state index is 13.0. The highest BCUT2D eigenvalue weighted by molar-refractivity contribution is 8.00. The van der Waals surface area contributed by atoms with Gasteiger partial charge in [0.25, 0.3) is 0 Å². The Morgan fingerprint density at radius 1 is 1.19 bits per heavy atom. The van der Waals surface area contributed by atoms with Crippen molar-refractivity contribution in [1.29, 1.82) is 0 Å². The standard InChI is InChI=1S/C23H26ClN5O2S/c1-16(22(30)29-12-10-28(11-13-29)15-17-6-4-3-5-7-17)32-23-25-21(26-27-23)19-14-18(24)8-9-20(19)31-2/h3-9,14,16H,10-13,15H2,1-2H3,(H,25,26,27). The number of ether oxygens (including phenoxy) is 1. The number of hydrogen-bond donors (Lipinski definition) is 1. The number of nitrogens with one attached hydrogen (secondary N) is 1. The first-order chi connectivity index (χ1) is 15.5. The Labute approximate surface area is 197 Å². The third kappa shape index (κ3) is 5.43. The van der Waals surface area contributed by atoms with E-state index in [1.54, 1.807) is 25.3 Å². The van der Waals surface area contributed by atoms with E-state index < -0.39 is 0 Å². The second-order valence-electron chi connectivity index (χ2n) is 7.66. The number of benzene rings is 2. The summed E-state index contributed by atoms with van der Waals surface area (Å²) < 4.78 is 5.39. The number of rotatable bonds is 7. The van der Waals surface area contributed by atoms with E-state index in [9.17, 15) is 4.79 Å². The number of nitrogens with zero attached hydrogens (tertiary/aromatic N) is 4. The lowest BCUT2D eigenvalue weighted by Crippen LogP contribution is -2.50. The van der Waals surface area contributed by atoms with Crippen LogP contribution in [-0.2, 0) is 11.3 Å². The fourth-order valence-electron chi connectivity index (χ4n) is 3.72. The number of carbonyl (C=O) groups is 1. The molecule has 4 rings (SSSR count). The lowest BCUT2D eigenvalue weighted by atomic mass is 10.2. The van der Waals surface area contributed by atoms with Gasteiger partial charge in [-0.3, -0.25) is 14.8 Å². The van der Waals surface area contributed by atoms with Crippen molar-refractivity contribution in [1.82, 2.24) is 25.0 Å². The van der Waals surface area contributed by atoms with Gasteiger partial charge in [0.05, 0.1) is 17.9 Å². The highest BCUT2D eigenvalue weighted by Gasteiger charge is 2.26. The summed E-state index contributed by atoms with van der Waals surface area (Å²) in [5.41, 5.74) is 2.03. The van der Waals surface area contributed by atoms with Crippen LogP contribution in [0.25, 0.3) is 11.4 Å². The summed E-state index contributed by atoms with van der Waals surface area (Å²) in [6.45, 7) is 6.03. The number of aromatic amines is 1. The Morgan fingerprint density at radius 2 is 1.94 bits per heavy atom. The fourth-order valence-corrected chi connectivity index (χ4v) is 4.70. The molecule has 1 aromatic heterocycles. The molecular formula is C23H26ClN5O2S. The number of piperazine rings is 1. The molecule has 32 heavy (non-hydrogen) atoms. The van der Waals surface area contributed by atoms with E-state index in [0.29, 0.717) is 21.8 Å². The molecule has 168 valence electrons. The van der Waals surface area contributed by atoms with Gasteiger partial charge in [-0.2, -0.15) is 0 Å². The van der Waals surface area contributed by atoms with E-state index in [2.05, 4.69) is 44.3 Å². The van der Waals surface area contributed by atoms with E-state index in [1.807, 2.05) is 17.9 Å². The Bertz CT molecular complexity index is 1050. The molecule has 2 heterocycles. The minimum Gasteiger partial charge on any atom is -0.496 e. The van der Waals surface area contributed by atoms with Crippen LogP contribution in [-0.4, -0.2) is 69.4 Å². The zero-order chi connectivity index (χ0) is 22.5. The molecule has 1 unspecified atom stereocenters. The van der Waals surface area contributed by atoms with E-state index in [0.717, 1.165) is 38.3 Å². The highest BCUT2D eigenvalue weighted by Crippen LogP contribution is 2.32. The quantitative estimate of drug-likeness (QED) is 0.526. The van der Waals surface area contributed by atoms with Crippen LogP contribution in [0.3, 0.4) is 0 Å². The summed E-state index contributed by atoms with van der Waals surface area (Å²) >= 11 is 7.47. The van der Waals surface area contributed by atoms with Crippen LogP contribution in [0.2, 0.25) is 5.02 Å². The van der Waals surface area contributed by atoms with Crippen LogP contribution >= 0.6 is 23.4 Å². The predicted octanol–water partition coefficient (Wildman–Crippen LogP) is 3.96. The normalized spacial score (nSPS) is 15.5. The number of thioether (sulfide) groups is 1. The second-order valence-corrected chi connectivity index (χ2v) is 9.40. The van der Waals surface area contributed by atoms with Crippen molar-refractivity contribution < 1.29 is 9.53 Å². The van der Waals surface area contributed by atoms with Crippen molar-refractivity contribution >= 4 is 29.3 Å². The summed E-state index contributed by atoms with van der Waals surface area (Å²) in [7, 11) is 1.60. The number of H-pyrrole nitrogens is 1. The molecule has 9 heteroatoms. The van der Waals surface area contributed by atoms with Gasteiger partial charge >= 0.3 is 0 Å². The SMILES string of the molecule is COc1ccc(Cl)cc1-c1nc(SC(C)C(=O)N2CCN(Cc3ccccc3)CC2)n[nH]1. The van der Waals surface area contributed by atoms with Crippen LogP contribution in [0.1, 0.15) is 12.5 Å². The zero-order valence-corrected chi connectivity index (χ0v) is 19.7. The topological polar surface area (TPSA) is 74.3 Å². The Kier molecular flexibility index (Phi) is 7.34. The van der Waals surface area contributed by atoms with Crippen LogP contribution in [0.4, 0.5) is 0 Å². The number of carbonyl (C=O) groups excluding carboxylic acids is 1. The van der Waals surface area contributed by atoms with Crippen molar-refractivity contribution in [3.8, 4) is 17.1 Å². The van der Waals surface area contributed by atoms with E-state index in [4.69, 9.17) is 16.3 Å². The summed E-state index contributed by atoms with van der Waals surface area (Å²) in [5.74, 6) is 1.32. The number of methoxy groups -OCH3 is 1. The molecule has 1 fully saturated rings. The van der Waals surface area contributed by atoms with Gasteiger partial charge in [0.15, 0.2) is 5.82 Å². The maximum Gasteiger partial charge on any atom is 0.235 e. The Hall–Kier alpha value is -2.55. The lowest BCUT2D eigenvalue weighted by Gasteiger charge is -2.35. The minimum atomic E-state index is -0.277. The number of aromatic nitrogens is 3. The van der Waals surface area contributed by atoms with Crippen molar-refractivity contribution in [2.45, 2.75) is 23.9 Å². The first-order valence-electron chi connectivity index (χ1n) is 10.5. The summed E-state index contributed by atoms with van der Waals surface area (Å²) in [4.78, 5) is 21.8. The molecule has 0 bridgehead atoms. The maximum atomic E-state index is 13.0. The molecule has 1 aliphatic rings. The summed E-state index contributed by atoms with van der Waals surface area (Å²) in [6.07, 6.45) is 0. The average Bonchev–Trinajstić information content (AvgIpc) is 3.28. The Morgan fingerprint density at radius 3 is 2.66 bits per heavy atom. The van der Waals surface area contributed by atoms with Crippen molar-refractivity contribution in [2.24, 2.45) is 0 Å². The number of hydrogen-bond acceptors (Lipinski definition) is 6. The lowest BCUT2D eigenvalue weighted by molar-refractivity contribution is -0.132. The number of halogens is 1. The molecule has 0 radical (unpaired) electrons. The third-order valence-corrected chi connectivity index (χ3v) is 6.63. The van der Waals surface area contributed by atoms with E-state index in [1.165, 1.54) is 17.3 Å². The molecule has 0 saturated carbocycles. The molecule has 3 aromatic rings. The Balaban J connectivity index is 1.32. The minimum absolute atomic E-state index is 0.112. The van der Waals surface area contributed by atoms with E-state index >= 15 is 0 Å². The van der Waals surface area contributed by atoms with Crippen LogP contribution in [0.5, 0.6) is 5.75 Å². The van der Waals surface area contributed by atoms with Gasteiger partial charge in [-0.15, -0.1) is 5.10 Å². The van der Waals surface area contributed by atoms with Gasteiger partial charge in [-0.05, 0) is 30.7 Å². The summed E-state index contributed by atoms with van der Waals surface area (Å²) in [6, 6.07) is 15.8. The average molecular weight is 472 g/mol. The van der Waals surface area contributed by atoms with Crippen molar-refractivity contribution in [3.05, 3.63) is 59.1 Å². The van der Waals surface area contributed by atoms with Crippen LogP contribution in [0.15, 0.2) is 53.7 Å². The molecule has 0 spiro atoms. The number of amides is 1. The van der Waals surface area contributed by atoms with Crippen molar-refractivity contribution in [2.75, 3.05) is 33.3 Å². The van der Waals surface area contributed by atoms with Gasteiger partial charge in [0.1, 0.15) is 5.75 Å². The third-order valence-electron chi connectivity index (χ3n) is 5.44. The first kappa shape index (κ1) is 22.6. The van der Waals surface area contributed by atoms with Gasteiger partial charge in [0.2, 0.25) is 11.1 Å². The molecule has 0 aliphatic carbocycles. The molecule has 1 N–H and O–H groups in total. The van der Waals surface area contributed by atoms with Crippen LogP contribution in [0, 0.1) is 0 Å². The highest BCUT2D eigenvalue weighted by atomic mass is 35.5. The molecule has 7 nitrogen and oxygen atoms in total. The van der Waals surface area contributed by atoms with E-state index in [-0.39, 0.29) is 11.2 Å². The smallest absolute Gasteiger partial charge is 0.235 e. The molecule has 1 saturated heterocycles. The fraction of sp³-hybridized carbons (Fsp3) is 0.348. The molecule has 2 aromatic carbocycles. The van der Waals surface area contributed by atoms with Gasteiger partial charge in [0, 0.05) is 37.7 Å². The molecule has 1 amide bonds. The largest absolute Gasteiger partial charge is 0.496 e. The second kappa shape index (κ2) is 10.4. The van der Waals surface area contributed by atoms with Gasteiger partial charge in [-0.25, -0.2) is 4.98 Å². The van der Waals surface area contributed by atoms with Crippen molar-refractivity contribution in [3.63, 3.8) is 0 Å². The monoisotopic (exact) mass is 471 g/mol. The van der Waals surface area contributed by atoms with Crippen LogP contribution < -0.4 is 4.74 Å². The van der Waals surface area contributed by atoms with Gasteiger partial charge in [-0.1, -0.05) is 53.7 Å². The first-order valence-corrected chi connectivity index (χ1v) is 11.8. The summed E-state index contributed by atoms with van der Waals surface area (Å²) in [5, 5.41) is 8.02. The van der Waals surface area contributed by atoms with Gasteiger partial charge < -0.3 is 9.64 Å². The molecular weight excluding hydrogens is 446 g/mol. The zero-order valence-electron chi connectivity index (χ0n) is 18.1. The molecule has 1 aliphatic heterocycles. The predicted molar refractivity (Wildman–Crippen MR) is 127 cm³/mol.